The molecule has 0 fully saturated rings. The minimum absolute atomic E-state index is 0.663. The first kappa shape index (κ1) is 12.6. The quantitative estimate of drug-likeness (QED) is 0.622. The topological polar surface area (TPSA) is 24.4 Å². The van der Waals surface area contributed by atoms with Crippen LogP contribution in [-0.4, -0.2) is 5.71 Å². The lowest BCUT2D eigenvalue weighted by Crippen LogP contribution is -1.97. The van der Waals surface area contributed by atoms with E-state index in [1.54, 1.807) is 11.3 Å². The lowest BCUT2D eigenvalue weighted by molar-refractivity contribution is 1.33. The maximum Gasteiger partial charge on any atom is 0.0748 e. The predicted octanol–water partition coefficient (Wildman–Crippen LogP) is 5.00. The van der Waals surface area contributed by atoms with Gasteiger partial charge in [-0.15, -0.1) is 11.3 Å². The summed E-state index contributed by atoms with van der Waals surface area (Å²) < 4.78 is 1.10. The number of hydrazone groups is 1. The molecule has 0 aliphatic rings. The molecule has 0 amide bonds. The molecule has 1 N–H and O–H groups in total. The molecule has 17 heavy (non-hydrogen) atoms. The monoisotopic (exact) mass is 328 g/mol. The SMILES string of the molecule is C/C(=N/Nc1ccccc1Cl)c1ccc(Br)s1. The molecule has 0 aliphatic heterocycles. The summed E-state index contributed by atoms with van der Waals surface area (Å²) >= 11 is 11.1. The van der Waals surface area contributed by atoms with Gasteiger partial charge in [0.15, 0.2) is 0 Å². The summed E-state index contributed by atoms with van der Waals surface area (Å²) in [5, 5.41) is 4.97. The summed E-state index contributed by atoms with van der Waals surface area (Å²) in [6, 6.07) is 11.6. The van der Waals surface area contributed by atoms with Crippen LogP contribution in [0, 0.1) is 0 Å². The Kier molecular flexibility index (Phi) is 4.20. The highest BCUT2D eigenvalue weighted by atomic mass is 79.9. The van der Waals surface area contributed by atoms with Crippen molar-refractivity contribution >= 4 is 50.3 Å². The minimum Gasteiger partial charge on any atom is -0.277 e. The Morgan fingerprint density at radius 3 is 2.71 bits per heavy atom. The van der Waals surface area contributed by atoms with E-state index in [1.807, 2.05) is 43.3 Å². The normalized spacial score (nSPS) is 11.6. The maximum atomic E-state index is 6.02. The lowest BCUT2D eigenvalue weighted by Gasteiger charge is -2.03. The Morgan fingerprint density at radius 1 is 1.29 bits per heavy atom. The van der Waals surface area contributed by atoms with Gasteiger partial charge < -0.3 is 0 Å². The number of hydrogen-bond donors (Lipinski definition) is 1. The summed E-state index contributed by atoms with van der Waals surface area (Å²) in [5.41, 5.74) is 4.71. The Hall–Kier alpha value is -0.840. The average molecular weight is 330 g/mol. The Morgan fingerprint density at radius 2 is 2.06 bits per heavy atom. The van der Waals surface area contributed by atoms with Crippen LogP contribution in [0.15, 0.2) is 45.3 Å². The highest BCUT2D eigenvalue weighted by Gasteiger charge is 2.02. The fraction of sp³-hybridized carbons (Fsp3) is 0.0833. The number of halogens is 2. The van der Waals surface area contributed by atoms with Crippen molar-refractivity contribution in [1.82, 2.24) is 0 Å². The number of anilines is 1. The minimum atomic E-state index is 0.663. The van der Waals surface area contributed by atoms with Crippen LogP contribution in [0.1, 0.15) is 11.8 Å². The number of para-hydroxylation sites is 1. The Balaban J connectivity index is 2.13. The summed E-state index contributed by atoms with van der Waals surface area (Å²) in [4.78, 5) is 1.12. The third-order valence-corrected chi connectivity index (χ3v) is 4.21. The van der Waals surface area contributed by atoms with Crippen LogP contribution >= 0.6 is 38.9 Å². The number of rotatable bonds is 3. The molecule has 2 nitrogen and oxygen atoms in total. The van der Waals surface area contributed by atoms with Crippen molar-refractivity contribution in [2.75, 3.05) is 5.43 Å². The molecule has 0 radical (unpaired) electrons. The predicted molar refractivity (Wildman–Crippen MR) is 79.3 cm³/mol. The van der Waals surface area contributed by atoms with Crippen molar-refractivity contribution in [1.29, 1.82) is 0 Å². The van der Waals surface area contributed by atoms with Crippen LogP contribution in [0.2, 0.25) is 5.02 Å². The van der Waals surface area contributed by atoms with E-state index in [0.717, 1.165) is 20.1 Å². The molecule has 0 saturated heterocycles. The summed E-state index contributed by atoms with van der Waals surface area (Å²) in [6.45, 7) is 1.96. The standard InChI is InChI=1S/C12H10BrClN2S/c1-8(11-6-7-12(13)17-11)15-16-10-5-3-2-4-9(10)14/h2-7,16H,1H3/b15-8-. The summed E-state index contributed by atoms with van der Waals surface area (Å²) in [6.07, 6.45) is 0. The number of hydrogen-bond acceptors (Lipinski definition) is 3. The molecule has 0 atom stereocenters. The van der Waals surface area contributed by atoms with E-state index < -0.39 is 0 Å². The van der Waals surface area contributed by atoms with E-state index >= 15 is 0 Å². The highest BCUT2D eigenvalue weighted by molar-refractivity contribution is 9.11. The van der Waals surface area contributed by atoms with E-state index in [0.29, 0.717) is 5.02 Å². The zero-order chi connectivity index (χ0) is 12.3. The lowest BCUT2D eigenvalue weighted by atomic mass is 10.3. The van der Waals surface area contributed by atoms with Gasteiger partial charge in [-0.25, -0.2) is 0 Å². The van der Waals surface area contributed by atoms with E-state index in [1.165, 1.54) is 0 Å². The zero-order valence-corrected chi connectivity index (χ0v) is 12.2. The molecule has 0 saturated carbocycles. The van der Waals surface area contributed by atoms with Crippen molar-refractivity contribution in [2.24, 2.45) is 5.10 Å². The van der Waals surface area contributed by atoms with Gasteiger partial charge >= 0.3 is 0 Å². The van der Waals surface area contributed by atoms with Gasteiger partial charge in [0.1, 0.15) is 0 Å². The number of thiophene rings is 1. The molecular formula is C12H10BrClN2S. The molecule has 0 bridgehead atoms. The molecule has 0 spiro atoms. The van der Waals surface area contributed by atoms with E-state index in [-0.39, 0.29) is 0 Å². The van der Waals surface area contributed by atoms with Crippen LogP contribution in [0.25, 0.3) is 0 Å². The van der Waals surface area contributed by atoms with Crippen molar-refractivity contribution in [3.05, 3.63) is 50.1 Å². The van der Waals surface area contributed by atoms with E-state index in [9.17, 15) is 0 Å². The maximum absolute atomic E-state index is 6.02. The van der Waals surface area contributed by atoms with Crippen LogP contribution in [0.3, 0.4) is 0 Å². The number of nitrogens with one attached hydrogen (secondary N) is 1. The van der Waals surface area contributed by atoms with Gasteiger partial charge in [-0.3, -0.25) is 5.43 Å². The fourth-order valence-corrected chi connectivity index (χ4v) is 2.77. The summed E-state index contributed by atoms with van der Waals surface area (Å²) in [7, 11) is 0. The first-order valence-electron chi connectivity index (χ1n) is 4.97. The second-order valence-electron chi connectivity index (χ2n) is 3.39. The van der Waals surface area contributed by atoms with Gasteiger partial charge in [0.25, 0.3) is 0 Å². The van der Waals surface area contributed by atoms with E-state index in [4.69, 9.17) is 11.6 Å². The molecule has 2 rings (SSSR count). The smallest absolute Gasteiger partial charge is 0.0748 e. The molecule has 0 aliphatic carbocycles. The largest absolute Gasteiger partial charge is 0.277 e. The summed E-state index contributed by atoms with van der Waals surface area (Å²) in [5.74, 6) is 0. The van der Waals surface area contributed by atoms with Gasteiger partial charge in [-0.1, -0.05) is 23.7 Å². The number of benzene rings is 1. The first-order valence-corrected chi connectivity index (χ1v) is 6.96. The molecule has 0 unspecified atom stereocenters. The van der Waals surface area contributed by atoms with Crippen molar-refractivity contribution in [3.8, 4) is 0 Å². The van der Waals surface area contributed by atoms with Gasteiger partial charge in [0.05, 0.1) is 25.1 Å². The van der Waals surface area contributed by atoms with Gasteiger partial charge in [0.2, 0.25) is 0 Å². The first-order chi connectivity index (χ1) is 8.16. The van der Waals surface area contributed by atoms with Crippen molar-refractivity contribution < 1.29 is 0 Å². The third kappa shape index (κ3) is 3.31. The average Bonchev–Trinajstić information content (AvgIpc) is 2.74. The second kappa shape index (κ2) is 5.67. The molecule has 5 heteroatoms. The molecule has 88 valence electrons. The van der Waals surface area contributed by atoms with Crippen LogP contribution < -0.4 is 5.43 Å². The number of nitrogens with zero attached hydrogens (tertiary/aromatic N) is 1. The van der Waals surface area contributed by atoms with Gasteiger partial charge in [-0.05, 0) is 47.1 Å². The van der Waals surface area contributed by atoms with Crippen molar-refractivity contribution in [2.45, 2.75) is 6.92 Å². The molecule has 2 aromatic rings. The van der Waals surface area contributed by atoms with Crippen molar-refractivity contribution in [3.63, 3.8) is 0 Å². The molecule has 1 aromatic carbocycles. The zero-order valence-electron chi connectivity index (χ0n) is 9.08. The molecular weight excluding hydrogens is 320 g/mol. The Bertz CT molecular complexity index is 551. The van der Waals surface area contributed by atoms with Crippen LogP contribution in [0.4, 0.5) is 5.69 Å². The van der Waals surface area contributed by atoms with Gasteiger partial charge in [-0.2, -0.15) is 5.10 Å². The van der Waals surface area contributed by atoms with Crippen LogP contribution in [-0.2, 0) is 0 Å². The van der Waals surface area contributed by atoms with Crippen LogP contribution in [0.5, 0.6) is 0 Å². The van der Waals surface area contributed by atoms with Gasteiger partial charge in [0, 0.05) is 0 Å². The van der Waals surface area contributed by atoms with E-state index in [2.05, 4.69) is 26.5 Å². The fourth-order valence-electron chi connectivity index (χ4n) is 1.26. The third-order valence-electron chi connectivity index (χ3n) is 2.15. The highest BCUT2D eigenvalue weighted by Crippen LogP contribution is 2.24. The molecule has 1 aromatic heterocycles. The second-order valence-corrected chi connectivity index (χ2v) is 6.26. The Labute approximate surface area is 117 Å². The molecule has 1 heterocycles.